The minimum absolute atomic E-state index is 0.0999. The Bertz CT molecular complexity index is 327. The van der Waals surface area contributed by atoms with Crippen LogP contribution in [0.3, 0.4) is 0 Å². The first-order valence-electron chi connectivity index (χ1n) is 3.69. The van der Waals surface area contributed by atoms with E-state index >= 15 is 0 Å². The van der Waals surface area contributed by atoms with Crippen LogP contribution in [0.2, 0.25) is 0 Å². The van der Waals surface area contributed by atoms with E-state index in [2.05, 4.69) is 0 Å². The molecular formula is C8H8FNO3. The van der Waals surface area contributed by atoms with Gasteiger partial charge in [0.25, 0.3) is 0 Å². The summed E-state index contributed by atoms with van der Waals surface area (Å²) in [6, 6.07) is 3.59. The van der Waals surface area contributed by atoms with Crippen molar-refractivity contribution in [1.29, 1.82) is 0 Å². The lowest BCUT2D eigenvalue weighted by molar-refractivity contribution is -0.387. The van der Waals surface area contributed by atoms with Crippen LogP contribution >= 0.6 is 0 Å². The van der Waals surface area contributed by atoms with Gasteiger partial charge in [0.15, 0.2) is 0 Å². The summed E-state index contributed by atoms with van der Waals surface area (Å²) >= 11 is 0. The maximum atomic E-state index is 12.9. The Hall–Kier alpha value is -1.49. The predicted molar refractivity (Wildman–Crippen MR) is 43.8 cm³/mol. The normalized spacial score (nSPS) is 10.0. The molecule has 70 valence electrons. The number of rotatable bonds is 3. The van der Waals surface area contributed by atoms with E-state index in [0.29, 0.717) is 12.0 Å². The Morgan fingerprint density at radius 2 is 2.23 bits per heavy atom. The first-order chi connectivity index (χ1) is 6.15. The van der Waals surface area contributed by atoms with Crippen molar-refractivity contribution in [3.63, 3.8) is 0 Å². The van der Waals surface area contributed by atoms with E-state index in [9.17, 15) is 14.5 Å². The van der Waals surface area contributed by atoms with Crippen LogP contribution in [0.1, 0.15) is 5.56 Å². The fourth-order valence-electron chi connectivity index (χ4n) is 0.983. The molecule has 0 heterocycles. The number of nitro groups is 1. The molecule has 1 aromatic carbocycles. The topological polar surface area (TPSA) is 63.4 Å². The Morgan fingerprint density at radius 3 is 2.69 bits per heavy atom. The third kappa shape index (κ3) is 2.22. The van der Waals surface area contributed by atoms with Crippen LogP contribution < -0.4 is 0 Å². The van der Waals surface area contributed by atoms with Crippen molar-refractivity contribution in [2.75, 3.05) is 6.61 Å². The summed E-state index contributed by atoms with van der Waals surface area (Å²) in [7, 11) is 0. The number of aliphatic hydroxyl groups excluding tert-OH is 1. The van der Waals surface area contributed by atoms with E-state index in [0.717, 1.165) is 12.1 Å². The Labute approximate surface area is 73.8 Å². The zero-order valence-electron chi connectivity index (χ0n) is 6.74. The van der Waals surface area contributed by atoms with Crippen molar-refractivity contribution in [3.05, 3.63) is 39.7 Å². The van der Waals surface area contributed by atoms with Gasteiger partial charge in [0.1, 0.15) is 0 Å². The molecule has 0 aliphatic carbocycles. The first kappa shape index (κ1) is 9.60. The maximum Gasteiger partial charge on any atom is 0.304 e. The van der Waals surface area contributed by atoms with Crippen molar-refractivity contribution >= 4 is 5.69 Å². The highest BCUT2D eigenvalue weighted by Gasteiger charge is 2.12. The molecule has 0 aromatic heterocycles. The lowest BCUT2D eigenvalue weighted by atomic mass is 10.1. The largest absolute Gasteiger partial charge is 0.396 e. The van der Waals surface area contributed by atoms with E-state index < -0.39 is 16.4 Å². The van der Waals surface area contributed by atoms with Crippen molar-refractivity contribution < 1.29 is 14.4 Å². The second-order valence-corrected chi connectivity index (χ2v) is 2.52. The zero-order chi connectivity index (χ0) is 9.84. The number of hydrogen-bond donors (Lipinski definition) is 1. The lowest BCUT2D eigenvalue weighted by Crippen LogP contribution is -1.96. The molecule has 5 heteroatoms. The molecule has 0 bridgehead atoms. The smallest absolute Gasteiger partial charge is 0.304 e. The van der Waals surface area contributed by atoms with Crippen LogP contribution in [0.15, 0.2) is 18.2 Å². The summed E-state index contributed by atoms with van der Waals surface area (Å²) in [5.74, 6) is -0.865. The van der Waals surface area contributed by atoms with Gasteiger partial charge in [0.05, 0.1) is 4.92 Å². The molecule has 1 aromatic rings. The lowest BCUT2D eigenvalue weighted by Gasteiger charge is -1.98. The highest BCUT2D eigenvalue weighted by atomic mass is 19.1. The highest BCUT2D eigenvalue weighted by molar-refractivity contribution is 5.34. The summed E-state index contributed by atoms with van der Waals surface area (Å²) in [6.45, 7) is -0.0999. The van der Waals surface area contributed by atoms with E-state index in [1.165, 1.54) is 6.07 Å². The van der Waals surface area contributed by atoms with E-state index in [1.54, 1.807) is 0 Å². The number of hydrogen-bond acceptors (Lipinski definition) is 3. The fourth-order valence-corrected chi connectivity index (χ4v) is 0.983. The molecule has 0 saturated carbocycles. The molecule has 0 radical (unpaired) electrons. The summed E-state index contributed by atoms with van der Waals surface area (Å²) in [5.41, 5.74) is 0.00675. The van der Waals surface area contributed by atoms with Gasteiger partial charge in [-0.2, -0.15) is 4.39 Å². The van der Waals surface area contributed by atoms with Crippen molar-refractivity contribution in [2.45, 2.75) is 6.42 Å². The van der Waals surface area contributed by atoms with Crippen LogP contribution in [0.4, 0.5) is 10.1 Å². The molecule has 0 atom stereocenters. The van der Waals surface area contributed by atoms with Crippen molar-refractivity contribution in [2.24, 2.45) is 0 Å². The van der Waals surface area contributed by atoms with Gasteiger partial charge in [-0.3, -0.25) is 10.1 Å². The molecule has 0 fully saturated rings. The first-order valence-corrected chi connectivity index (χ1v) is 3.69. The molecule has 0 unspecified atom stereocenters. The second kappa shape index (κ2) is 3.95. The third-order valence-corrected chi connectivity index (χ3v) is 1.61. The van der Waals surface area contributed by atoms with Gasteiger partial charge in [-0.25, -0.2) is 0 Å². The average molecular weight is 185 g/mol. The number of nitro benzene ring substituents is 1. The highest BCUT2D eigenvalue weighted by Crippen LogP contribution is 2.17. The molecular weight excluding hydrogens is 177 g/mol. The maximum absolute atomic E-state index is 12.9. The average Bonchev–Trinajstić information content (AvgIpc) is 2.04. The number of benzene rings is 1. The van der Waals surface area contributed by atoms with E-state index in [4.69, 9.17) is 5.11 Å². The van der Waals surface area contributed by atoms with Gasteiger partial charge in [-0.15, -0.1) is 0 Å². The molecule has 0 spiro atoms. The van der Waals surface area contributed by atoms with E-state index in [-0.39, 0.29) is 6.61 Å². The molecule has 0 amide bonds. The molecule has 4 nitrogen and oxygen atoms in total. The van der Waals surface area contributed by atoms with Gasteiger partial charge in [-0.05, 0) is 18.1 Å². The zero-order valence-corrected chi connectivity index (χ0v) is 6.74. The number of aliphatic hydroxyl groups is 1. The summed E-state index contributed by atoms with van der Waals surface area (Å²) in [5, 5.41) is 18.7. The number of halogens is 1. The minimum atomic E-state index is -0.865. The van der Waals surface area contributed by atoms with Gasteiger partial charge in [-0.1, -0.05) is 6.07 Å². The molecule has 13 heavy (non-hydrogen) atoms. The van der Waals surface area contributed by atoms with Crippen LogP contribution in [0.25, 0.3) is 0 Å². The summed E-state index contributed by atoms with van der Waals surface area (Å²) < 4.78 is 12.9. The molecule has 0 saturated heterocycles. The van der Waals surface area contributed by atoms with Crippen molar-refractivity contribution in [3.8, 4) is 0 Å². The van der Waals surface area contributed by atoms with Crippen molar-refractivity contribution in [1.82, 2.24) is 0 Å². The predicted octanol–water partition coefficient (Wildman–Crippen LogP) is 1.27. The molecule has 0 aliphatic rings. The van der Waals surface area contributed by atoms with Crippen LogP contribution in [0, 0.1) is 15.9 Å². The Morgan fingerprint density at radius 1 is 1.54 bits per heavy atom. The van der Waals surface area contributed by atoms with Crippen LogP contribution in [-0.2, 0) is 6.42 Å². The number of nitrogens with zero attached hydrogens (tertiary/aromatic N) is 1. The quantitative estimate of drug-likeness (QED) is 0.569. The standard InChI is InChI=1S/C8H8FNO3/c9-7-5-6(3-4-11)1-2-8(7)10(12)13/h1-2,5,11H,3-4H2. The minimum Gasteiger partial charge on any atom is -0.396 e. The monoisotopic (exact) mass is 185 g/mol. The fraction of sp³-hybridized carbons (Fsp3) is 0.250. The summed E-state index contributed by atoms with van der Waals surface area (Å²) in [4.78, 5) is 9.43. The van der Waals surface area contributed by atoms with Crippen LogP contribution in [0.5, 0.6) is 0 Å². The Kier molecular flexibility index (Phi) is 2.92. The second-order valence-electron chi connectivity index (χ2n) is 2.52. The Balaban J connectivity index is 2.98. The van der Waals surface area contributed by atoms with Gasteiger partial charge in [0.2, 0.25) is 5.82 Å². The van der Waals surface area contributed by atoms with E-state index in [1.807, 2.05) is 0 Å². The van der Waals surface area contributed by atoms with Gasteiger partial charge < -0.3 is 5.11 Å². The molecule has 0 aliphatic heterocycles. The molecule has 1 N–H and O–H groups in total. The summed E-state index contributed by atoms with van der Waals surface area (Å²) in [6.07, 6.45) is 0.301. The van der Waals surface area contributed by atoms with Gasteiger partial charge in [0, 0.05) is 12.7 Å². The third-order valence-electron chi connectivity index (χ3n) is 1.61. The van der Waals surface area contributed by atoms with Gasteiger partial charge >= 0.3 is 5.69 Å². The van der Waals surface area contributed by atoms with Crippen LogP contribution in [-0.4, -0.2) is 16.6 Å². The molecule has 1 rings (SSSR count). The SMILES string of the molecule is O=[N+]([O-])c1ccc(CCO)cc1F.